The number of carbonyl (C=O) groups excluding carboxylic acids is 3. The van der Waals surface area contributed by atoms with Crippen LogP contribution in [0.3, 0.4) is 0 Å². The first kappa shape index (κ1) is 18.2. The monoisotopic (exact) mass is 384 g/mol. The Morgan fingerprint density at radius 2 is 1.93 bits per heavy atom. The van der Waals surface area contributed by atoms with Crippen LogP contribution < -0.4 is 10.5 Å². The average molecular weight is 384 g/mol. The molecular formula is C20H20N2O6. The van der Waals surface area contributed by atoms with Gasteiger partial charge in [-0.15, -0.1) is 0 Å². The van der Waals surface area contributed by atoms with Crippen molar-refractivity contribution in [1.29, 1.82) is 0 Å². The molecule has 0 N–H and O–H groups in total. The van der Waals surface area contributed by atoms with Crippen molar-refractivity contribution in [3.63, 3.8) is 0 Å². The molecule has 2 fully saturated rings. The third-order valence-electron chi connectivity index (χ3n) is 5.39. The summed E-state index contributed by atoms with van der Waals surface area (Å²) in [6, 6.07) is 6.74. The zero-order chi connectivity index (χ0) is 19.8. The van der Waals surface area contributed by atoms with Crippen LogP contribution in [0.5, 0.6) is 0 Å². The van der Waals surface area contributed by atoms with Crippen LogP contribution in [0.4, 0.5) is 5.69 Å². The second-order valence-corrected chi connectivity index (χ2v) is 6.98. The molecule has 28 heavy (non-hydrogen) atoms. The van der Waals surface area contributed by atoms with Crippen molar-refractivity contribution >= 4 is 34.4 Å². The number of ether oxygens (including phenoxy) is 1. The molecule has 3 heterocycles. The first-order valence-corrected chi connectivity index (χ1v) is 9.24. The van der Waals surface area contributed by atoms with E-state index in [1.807, 2.05) is 0 Å². The summed E-state index contributed by atoms with van der Waals surface area (Å²) in [5.74, 6) is -0.980. The number of methoxy groups -OCH3 is 1. The molecule has 8 nitrogen and oxygen atoms in total. The fourth-order valence-corrected chi connectivity index (χ4v) is 4.12. The highest BCUT2D eigenvalue weighted by molar-refractivity contribution is 6.09. The molecule has 0 radical (unpaired) electrons. The van der Waals surface area contributed by atoms with Crippen molar-refractivity contribution in [2.75, 3.05) is 18.6 Å². The van der Waals surface area contributed by atoms with Gasteiger partial charge in [0, 0.05) is 24.4 Å². The lowest BCUT2D eigenvalue weighted by molar-refractivity contribution is -0.151. The van der Waals surface area contributed by atoms with E-state index in [0.29, 0.717) is 42.5 Å². The Kier molecular flexibility index (Phi) is 4.62. The first-order valence-electron chi connectivity index (χ1n) is 9.24. The summed E-state index contributed by atoms with van der Waals surface area (Å²) in [5, 5.41) is 0.584. The molecular weight excluding hydrogens is 364 g/mol. The van der Waals surface area contributed by atoms with E-state index in [-0.39, 0.29) is 18.2 Å². The standard InChI is InChI=1S/C20H20N2O6/c1-27-20(26)14-6-4-10-21(14)19(25)13-8-9-17(23)22(13)15-11-18(24)28-16-7-3-2-5-12(15)16/h2-3,5,7,11,13-14H,4,6,8-10H2,1H3/t13-,14+/m0/s1. The number of carbonyl (C=O) groups is 3. The Bertz CT molecular complexity index is 1010. The van der Waals surface area contributed by atoms with Gasteiger partial charge in [-0.05, 0) is 31.4 Å². The minimum atomic E-state index is -0.761. The lowest BCUT2D eigenvalue weighted by Gasteiger charge is -2.30. The third-order valence-corrected chi connectivity index (χ3v) is 5.39. The van der Waals surface area contributed by atoms with Crippen molar-refractivity contribution < 1.29 is 23.5 Å². The minimum Gasteiger partial charge on any atom is -0.467 e. The fraction of sp³-hybridized carbons (Fsp3) is 0.400. The zero-order valence-corrected chi connectivity index (χ0v) is 15.4. The van der Waals surface area contributed by atoms with Crippen LogP contribution >= 0.6 is 0 Å². The SMILES string of the molecule is COC(=O)[C@H]1CCCN1C(=O)[C@@H]1CCC(=O)N1c1cc(=O)oc2ccccc12. The summed E-state index contributed by atoms with van der Waals surface area (Å²) >= 11 is 0. The first-order chi connectivity index (χ1) is 13.5. The molecule has 2 saturated heterocycles. The predicted molar refractivity (Wildman–Crippen MR) is 99.7 cm³/mol. The van der Waals surface area contributed by atoms with Gasteiger partial charge in [-0.2, -0.15) is 0 Å². The van der Waals surface area contributed by atoms with E-state index in [0.717, 1.165) is 0 Å². The van der Waals surface area contributed by atoms with Gasteiger partial charge in [0.25, 0.3) is 0 Å². The molecule has 2 amide bonds. The third kappa shape index (κ3) is 2.94. The summed E-state index contributed by atoms with van der Waals surface area (Å²) in [7, 11) is 1.30. The summed E-state index contributed by atoms with van der Waals surface area (Å²) in [5.41, 5.74) is 0.124. The van der Waals surface area contributed by atoms with Crippen LogP contribution in [0.25, 0.3) is 11.0 Å². The van der Waals surface area contributed by atoms with Crippen LogP contribution in [0.15, 0.2) is 39.5 Å². The minimum absolute atomic E-state index is 0.196. The van der Waals surface area contributed by atoms with Gasteiger partial charge in [-0.1, -0.05) is 12.1 Å². The summed E-state index contributed by atoms with van der Waals surface area (Å²) in [6.07, 6.45) is 1.76. The van der Waals surface area contributed by atoms with Crippen molar-refractivity contribution in [2.24, 2.45) is 0 Å². The number of hydrogen-bond donors (Lipinski definition) is 0. The van der Waals surface area contributed by atoms with Crippen LogP contribution in [0, 0.1) is 0 Å². The highest BCUT2D eigenvalue weighted by atomic mass is 16.5. The molecule has 1 aromatic carbocycles. The molecule has 0 bridgehead atoms. The van der Waals surface area contributed by atoms with E-state index in [9.17, 15) is 19.2 Å². The van der Waals surface area contributed by atoms with E-state index in [1.165, 1.54) is 23.0 Å². The average Bonchev–Trinajstić information content (AvgIpc) is 3.33. The van der Waals surface area contributed by atoms with Crippen molar-refractivity contribution in [1.82, 2.24) is 4.90 Å². The van der Waals surface area contributed by atoms with Gasteiger partial charge < -0.3 is 14.1 Å². The quantitative estimate of drug-likeness (QED) is 0.587. The van der Waals surface area contributed by atoms with Gasteiger partial charge in [0.15, 0.2) is 0 Å². The second kappa shape index (κ2) is 7.10. The topological polar surface area (TPSA) is 97.1 Å². The molecule has 8 heteroatoms. The zero-order valence-electron chi connectivity index (χ0n) is 15.4. The Labute approximate surface area is 160 Å². The molecule has 2 aliphatic rings. The Hall–Kier alpha value is -3.16. The number of rotatable bonds is 3. The molecule has 2 aliphatic heterocycles. The highest BCUT2D eigenvalue weighted by Gasteiger charge is 2.44. The molecule has 0 spiro atoms. The number of nitrogens with zero attached hydrogens (tertiary/aromatic N) is 2. The Morgan fingerprint density at radius 1 is 1.14 bits per heavy atom. The van der Waals surface area contributed by atoms with Crippen molar-refractivity contribution in [3.05, 3.63) is 40.8 Å². The maximum absolute atomic E-state index is 13.3. The van der Waals surface area contributed by atoms with Gasteiger partial charge in [-0.25, -0.2) is 9.59 Å². The van der Waals surface area contributed by atoms with Gasteiger partial charge in [0.05, 0.1) is 12.8 Å². The van der Waals surface area contributed by atoms with Crippen molar-refractivity contribution in [3.8, 4) is 0 Å². The van der Waals surface area contributed by atoms with Crippen molar-refractivity contribution in [2.45, 2.75) is 37.8 Å². The van der Waals surface area contributed by atoms with Gasteiger partial charge in [0.2, 0.25) is 11.8 Å². The summed E-state index contributed by atoms with van der Waals surface area (Å²) in [4.78, 5) is 52.8. The summed E-state index contributed by atoms with van der Waals surface area (Å²) < 4.78 is 10.0. The van der Waals surface area contributed by atoms with E-state index in [4.69, 9.17) is 9.15 Å². The molecule has 0 aliphatic carbocycles. The maximum Gasteiger partial charge on any atom is 0.338 e. The lowest BCUT2D eigenvalue weighted by Crippen LogP contribution is -2.50. The molecule has 1 aromatic heterocycles. The number of fused-ring (bicyclic) bond motifs is 1. The van der Waals surface area contributed by atoms with E-state index in [1.54, 1.807) is 24.3 Å². The number of hydrogen-bond acceptors (Lipinski definition) is 6. The normalized spacial score (nSPS) is 22.1. The largest absolute Gasteiger partial charge is 0.467 e. The fourth-order valence-electron chi connectivity index (χ4n) is 4.12. The molecule has 4 rings (SSSR count). The van der Waals surface area contributed by atoms with E-state index in [2.05, 4.69) is 0 Å². The maximum atomic E-state index is 13.3. The van der Waals surface area contributed by atoms with Crippen LogP contribution in [0.2, 0.25) is 0 Å². The molecule has 2 aromatic rings. The van der Waals surface area contributed by atoms with Crippen LogP contribution in [-0.2, 0) is 19.1 Å². The Balaban J connectivity index is 1.73. The number of para-hydroxylation sites is 1. The number of benzene rings is 1. The van der Waals surface area contributed by atoms with Crippen LogP contribution in [0.1, 0.15) is 25.7 Å². The van der Waals surface area contributed by atoms with Gasteiger partial charge >= 0.3 is 11.6 Å². The highest BCUT2D eigenvalue weighted by Crippen LogP contribution is 2.33. The van der Waals surface area contributed by atoms with Gasteiger partial charge in [-0.3, -0.25) is 14.5 Å². The molecule has 0 saturated carbocycles. The number of likely N-dealkylation sites (tertiary alicyclic amines) is 1. The smallest absolute Gasteiger partial charge is 0.338 e. The van der Waals surface area contributed by atoms with E-state index >= 15 is 0 Å². The molecule has 146 valence electrons. The number of anilines is 1. The second-order valence-electron chi connectivity index (χ2n) is 6.98. The molecule has 0 unspecified atom stereocenters. The summed E-state index contributed by atoms with van der Waals surface area (Å²) in [6.45, 7) is 0.439. The predicted octanol–water partition coefficient (Wildman–Crippen LogP) is 1.45. The number of amides is 2. The number of esters is 1. The molecule has 2 atom stereocenters. The van der Waals surface area contributed by atoms with Gasteiger partial charge in [0.1, 0.15) is 17.7 Å². The van der Waals surface area contributed by atoms with Crippen LogP contribution in [-0.4, -0.2) is 48.4 Å². The van der Waals surface area contributed by atoms with E-state index < -0.39 is 23.7 Å². The Morgan fingerprint density at radius 3 is 2.71 bits per heavy atom. The lowest BCUT2D eigenvalue weighted by atomic mass is 10.1.